The van der Waals surface area contributed by atoms with E-state index in [1.807, 2.05) is 18.2 Å². The van der Waals surface area contributed by atoms with Crippen LogP contribution < -0.4 is 11.5 Å². The van der Waals surface area contributed by atoms with Gasteiger partial charge in [0.05, 0.1) is 0 Å². The molecule has 1 aliphatic rings. The van der Waals surface area contributed by atoms with E-state index in [9.17, 15) is 4.79 Å². The van der Waals surface area contributed by atoms with Crippen molar-refractivity contribution in [1.82, 2.24) is 5.01 Å². The zero-order chi connectivity index (χ0) is 12.3. The number of aliphatic imine (C=N–C) groups is 2. The maximum absolute atomic E-state index is 10.4. The molecule has 0 saturated heterocycles. The third-order valence-corrected chi connectivity index (χ3v) is 2.13. The molecule has 7 heteroatoms. The van der Waals surface area contributed by atoms with Crippen LogP contribution in [-0.4, -0.2) is 29.2 Å². The van der Waals surface area contributed by atoms with Gasteiger partial charge < -0.3 is 5.73 Å². The summed E-state index contributed by atoms with van der Waals surface area (Å²) in [5, 5.41) is 4.63. The predicted molar refractivity (Wildman–Crippen MR) is 62.5 cm³/mol. The van der Waals surface area contributed by atoms with E-state index in [2.05, 4.69) is 15.1 Å². The smallest absolute Gasteiger partial charge is 0.258 e. The Kier molecular flexibility index (Phi) is 2.95. The monoisotopic (exact) mass is 230 g/mol. The molecule has 0 aromatic heterocycles. The van der Waals surface area contributed by atoms with Gasteiger partial charge in [-0.05, 0) is 0 Å². The van der Waals surface area contributed by atoms with Crippen molar-refractivity contribution in [2.24, 2.45) is 26.6 Å². The van der Waals surface area contributed by atoms with Gasteiger partial charge in [0.25, 0.3) is 6.08 Å². The molecular weight excluding hydrogens is 220 g/mol. The fourth-order valence-electron chi connectivity index (χ4n) is 1.44. The maximum Gasteiger partial charge on any atom is 0.258 e. The molecule has 1 aromatic carbocycles. The van der Waals surface area contributed by atoms with E-state index in [1.54, 1.807) is 12.1 Å². The fraction of sp³-hybridized carbons (Fsp3) is 0.100. The minimum Gasteiger partial charge on any atom is -0.368 e. The van der Waals surface area contributed by atoms with Gasteiger partial charge in [-0.3, -0.25) is 5.73 Å². The van der Waals surface area contributed by atoms with E-state index in [4.69, 9.17) is 11.5 Å². The average Bonchev–Trinajstić information content (AvgIpc) is 2.33. The van der Waals surface area contributed by atoms with Gasteiger partial charge in [-0.2, -0.15) is 10.0 Å². The Labute approximate surface area is 97.1 Å². The highest BCUT2D eigenvalue weighted by atomic mass is 16.1. The zero-order valence-corrected chi connectivity index (χ0v) is 8.82. The van der Waals surface area contributed by atoms with Gasteiger partial charge in [-0.25, -0.2) is 9.79 Å². The standard InChI is InChI=1S/C10H10N6O/c11-9-14-8(7-4-2-1-3-5-7)16(13-6-17)10(12)15-9/h1-5,10H,12H2,(H2,11,15). The third-order valence-electron chi connectivity index (χ3n) is 2.13. The summed E-state index contributed by atoms with van der Waals surface area (Å²) in [6, 6.07) is 9.12. The van der Waals surface area contributed by atoms with Crippen molar-refractivity contribution in [3.05, 3.63) is 35.9 Å². The lowest BCUT2D eigenvalue weighted by Crippen LogP contribution is -2.46. The van der Waals surface area contributed by atoms with Gasteiger partial charge >= 0.3 is 0 Å². The van der Waals surface area contributed by atoms with E-state index in [-0.39, 0.29) is 5.96 Å². The highest BCUT2D eigenvalue weighted by Crippen LogP contribution is 2.12. The number of rotatable bonds is 2. The summed E-state index contributed by atoms with van der Waals surface area (Å²) in [4.78, 5) is 18.2. The third kappa shape index (κ3) is 2.20. The summed E-state index contributed by atoms with van der Waals surface area (Å²) in [5.41, 5.74) is 12.0. The minimum atomic E-state index is -0.871. The van der Waals surface area contributed by atoms with Gasteiger partial charge in [0.1, 0.15) is 0 Å². The van der Waals surface area contributed by atoms with Crippen LogP contribution in [0.2, 0.25) is 0 Å². The van der Waals surface area contributed by atoms with E-state index in [0.29, 0.717) is 5.84 Å². The molecule has 17 heavy (non-hydrogen) atoms. The molecule has 0 bridgehead atoms. The highest BCUT2D eigenvalue weighted by molar-refractivity contribution is 6.06. The predicted octanol–water partition coefficient (Wildman–Crippen LogP) is -0.443. The van der Waals surface area contributed by atoms with Crippen LogP contribution in [0, 0.1) is 0 Å². The second-order valence-electron chi connectivity index (χ2n) is 3.24. The van der Waals surface area contributed by atoms with Crippen LogP contribution >= 0.6 is 0 Å². The number of hydrazone groups is 1. The Hall–Kier alpha value is -2.50. The lowest BCUT2D eigenvalue weighted by atomic mass is 10.2. The van der Waals surface area contributed by atoms with Crippen LogP contribution in [0.4, 0.5) is 0 Å². The van der Waals surface area contributed by atoms with E-state index in [0.717, 1.165) is 5.56 Å². The van der Waals surface area contributed by atoms with Gasteiger partial charge in [0.15, 0.2) is 12.1 Å². The first-order valence-corrected chi connectivity index (χ1v) is 4.82. The number of hydrogen-bond donors (Lipinski definition) is 2. The highest BCUT2D eigenvalue weighted by Gasteiger charge is 2.24. The summed E-state index contributed by atoms with van der Waals surface area (Å²) in [5.74, 6) is 0.419. The summed E-state index contributed by atoms with van der Waals surface area (Å²) in [6.45, 7) is 0. The van der Waals surface area contributed by atoms with Crippen LogP contribution in [0.1, 0.15) is 5.56 Å². The average molecular weight is 230 g/mol. The molecule has 2 rings (SSSR count). The molecule has 1 unspecified atom stereocenters. The summed E-state index contributed by atoms with van der Waals surface area (Å²) >= 11 is 0. The number of amidine groups is 1. The minimum absolute atomic E-state index is 0.0497. The molecule has 0 radical (unpaired) electrons. The van der Waals surface area contributed by atoms with E-state index >= 15 is 0 Å². The van der Waals surface area contributed by atoms with Crippen LogP contribution in [-0.2, 0) is 4.79 Å². The summed E-state index contributed by atoms with van der Waals surface area (Å²) in [7, 11) is 0. The number of nitrogens with zero attached hydrogens (tertiary/aromatic N) is 4. The fourth-order valence-corrected chi connectivity index (χ4v) is 1.44. The number of benzene rings is 1. The quantitative estimate of drug-likeness (QED) is 0.530. The number of guanidine groups is 1. The summed E-state index contributed by atoms with van der Waals surface area (Å²) < 4.78 is 0. The van der Waals surface area contributed by atoms with E-state index < -0.39 is 6.29 Å². The molecule has 1 heterocycles. The first-order valence-electron chi connectivity index (χ1n) is 4.82. The molecule has 86 valence electrons. The number of nitrogens with two attached hydrogens (primary N) is 2. The van der Waals surface area contributed by atoms with Crippen molar-refractivity contribution in [1.29, 1.82) is 0 Å². The molecule has 0 aliphatic carbocycles. The Morgan fingerprint density at radius 1 is 1.35 bits per heavy atom. The number of isocyanates is 1. The van der Waals surface area contributed by atoms with Crippen LogP contribution in [0.15, 0.2) is 45.4 Å². The van der Waals surface area contributed by atoms with Gasteiger partial charge in [0.2, 0.25) is 5.96 Å². The van der Waals surface area contributed by atoms with Crippen molar-refractivity contribution >= 4 is 17.9 Å². The molecule has 0 fully saturated rings. The Bertz CT molecular complexity index is 517. The van der Waals surface area contributed by atoms with Crippen LogP contribution in [0.25, 0.3) is 0 Å². The van der Waals surface area contributed by atoms with Gasteiger partial charge in [0, 0.05) is 5.56 Å². The molecule has 1 aromatic rings. The zero-order valence-electron chi connectivity index (χ0n) is 8.82. The molecule has 1 atom stereocenters. The van der Waals surface area contributed by atoms with Gasteiger partial charge in [-0.1, -0.05) is 35.4 Å². The Morgan fingerprint density at radius 3 is 2.71 bits per heavy atom. The molecule has 0 amide bonds. The van der Waals surface area contributed by atoms with Crippen molar-refractivity contribution in [2.75, 3.05) is 0 Å². The van der Waals surface area contributed by atoms with Crippen LogP contribution in [0.3, 0.4) is 0 Å². The van der Waals surface area contributed by atoms with Gasteiger partial charge in [-0.15, -0.1) is 0 Å². The lowest BCUT2D eigenvalue weighted by Gasteiger charge is -2.25. The molecule has 1 aliphatic heterocycles. The summed E-state index contributed by atoms with van der Waals surface area (Å²) in [6.07, 6.45) is 0.541. The molecular formula is C10H10N6O. The first kappa shape index (κ1) is 11.0. The SMILES string of the molecule is NC1=NC(N)N(N=C=O)C(c2ccccc2)=N1. The van der Waals surface area contributed by atoms with Crippen molar-refractivity contribution < 1.29 is 4.79 Å². The second-order valence-corrected chi connectivity index (χ2v) is 3.24. The largest absolute Gasteiger partial charge is 0.368 e. The molecule has 4 N–H and O–H groups in total. The lowest BCUT2D eigenvalue weighted by molar-refractivity contribution is 0.334. The van der Waals surface area contributed by atoms with Crippen LogP contribution in [0.5, 0.6) is 0 Å². The molecule has 0 spiro atoms. The molecule has 7 nitrogen and oxygen atoms in total. The van der Waals surface area contributed by atoms with E-state index in [1.165, 1.54) is 11.1 Å². The normalized spacial score (nSPS) is 19.1. The van der Waals surface area contributed by atoms with Crippen molar-refractivity contribution in [3.8, 4) is 0 Å². The second kappa shape index (κ2) is 4.56. The Balaban J connectivity index is 2.48. The van der Waals surface area contributed by atoms with Crippen molar-refractivity contribution in [3.63, 3.8) is 0 Å². The number of hydrogen-bond acceptors (Lipinski definition) is 7. The topological polar surface area (TPSA) is 109 Å². The van der Waals surface area contributed by atoms with Crippen molar-refractivity contribution in [2.45, 2.75) is 6.29 Å². The Morgan fingerprint density at radius 2 is 2.06 bits per heavy atom. The first-order chi connectivity index (χ1) is 8.22. The number of carbonyl (C=O) groups excluding carboxylic acids is 1. The molecule has 0 saturated carbocycles. The maximum atomic E-state index is 10.4.